The molecule has 1 saturated heterocycles. The maximum Gasteiger partial charge on any atom is 0.417 e. The molecule has 0 bridgehead atoms. The Labute approximate surface area is 266 Å². The summed E-state index contributed by atoms with van der Waals surface area (Å²) in [5, 5.41) is 7.14. The number of pyridine rings is 1. The zero-order chi connectivity index (χ0) is 33.3. The Morgan fingerprint density at radius 2 is 1.83 bits per heavy atom. The molecule has 1 N–H and O–H groups in total. The number of amidine groups is 1. The number of halogens is 3. The van der Waals surface area contributed by atoms with Crippen LogP contribution in [-0.2, 0) is 11.0 Å². The monoisotopic (exact) mass is 650 g/mol. The molecule has 238 valence electrons. The summed E-state index contributed by atoms with van der Waals surface area (Å²) in [4.78, 5) is 54.3. The van der Waals surface area contributed by atoms with Crippen molar-refractivity contribution in [2.24, 2.45) is 4.99 Å². The van der Waals surface area contributed by atoms with E-state index in [1.165, 1.54) is 41.0 Å². The highest BCUT2D eigenvalue weighted by molar-refractivity contribution is 8.15. The second-order valence-corrected chi connectivity index (χ2v) is 11.8. The van der Waals surface area contributed by atoms with E-state index in [1.54, 1.807) is 6.07 Å². The molecule has 2 aromatic heterocycles. The van der Waals surface area contributed by atoms with Crippen molar-refractivity contribution in [2.45, 2.75) is 32.9 Å². The third-order valence-corrected chi connectivity index (χ3v) is 7.98. The molecule has 46 heavy (non-hydrogen) atoms. The summed E-state index contributed by atoms with van der Waals surface area (Å²) in [5.74, 6) is -0.0505. The molecule has 1 aliphatic heterocycles. The molecule has 1 fully saturated rings. The van der Waals surface area contributed by atoms with E-state index >= 15 is 0 Å². The molecule has 2 aromatic carbocycles. The number of hydrogen-bond acceptors (Lipinski definition) is 8. The van der Waals surface area contributed by atoms with Gasteiger partial charge in [0.25, 0.3) is 0 Å². The van der Waals surface area contributed by atoms with Gasteiger partial charge < -0.3 is 10.2 Å². The topological polar surface area (TPSA) is 126 Å². The second kappa shape index (κ2) is 12.7. The number of carbonyl (C=O) groups excluding carboxylic acids is 3. The van der Waals surface area contributed by atoms with E-state index in [4.69, 9.17) is 0 Å². The quantitative estimate of drug-likeness (QED) is 0.228. The summed E-state index contributed by atoms with van der Waals surface area (Å²) in [7, 11) is 3.79. The predicted octanol–water partition coefficient (Wildman–Crippen LogP) is 6.41. The molecule has 3 heterocycles. The van der Waals surface area contributed by atoms with Crippen LogP contribution in [0.1, 0.15) is 48.2 Å². The van der Waals surface area contributed by atoms with Gasteiger partial charge in [0.1, 0.15) is 6.33 Å². The van der Waals surface area contributed by atoms with Crippen molar-refractivity contribution in [1.82, 2.24) is 19.7 Å². The van der Waals surface area contributed by atoms with Crippen LogP contribution in [0.5, 0.6) is 0 Å². The van der Waals surface area contributed by atoms with Gasteiger partial charge in [-0.3, -0.25) is 14.5 Å². The number of aliphatic imine (C=N–C) groups is 1. The molecule has 0 unspecified atom stereocenters. The van der Waals surface area contributed by atoms with Crippen molar-refractivity contribution in [3.05, 3.63) is 77.7 Å². The van der Waals surface area contributed by atoms with Crippen molar-refractivity contribution in [3.8, 4) is 17.2 Å². The van der Waals surface area contributed by atoms with Crippen LogP contribution in [0.25, 0.3) is 17.2 Å². The number of anilines is 3. The molecule has 0 aliphatic carbocycles. The Morgan fingerprint density at radius 3 is 2.46 bits per heavy atom. The number of nitrogens with zero attached hydrogens (tertiary/aromatic N) is 7. The number of carbonyl (C=O) groups is 3. The maximum absolute atomic E-state index is 13.1. The maximum atomic E-state index is 13.1. The van der Waals surface area contributed by atoms with Crippen LogP contribution < -0.4 is 15.1 Å². The van der Waals surface area contributed by atoms with Gasteiger partial charge in [-0.25, -0.2) is 19.4 Å². The van der Waals surface area contributed by atoms with E-state index in [2.05, 4.69) is 25.4 Å². The summed E-state index contributed by atoms with van der Waals surface area (Å²) in [6, 6.07) is 11.7. The first kappa shape index (κ1) is 32.3. The van der Waals surface area contributed by atoms with Crippen LogP contribution >= 0.6 is 11.8 Å². The number of benzene rings is 2. The Balaban J connectivity index is 1.39. The van der Waals surface area contributed by atoms with E-state index in [1.807, 2.05) is 51.0 Å². The minimum absolute atomic E-state index is 0.100. The summed E-state index contributed by atoms with van der Waals surface area (Å²) >= 11 is 1.14. The normalized spacial score (nSPS) is 14.3. The lowest BCUT2D eigenvalue weighted by Crippen LogP contribution is -2.31. The molecular formula is C31H29F3N8O3S. The molecule has 0 atom stereocenters. The first-order valence-electron chi connectivity index (χ1n) is 14.0. The number of thioether (sulfide) groups is 1. The highest BCUT2D eigenvalue weighted by atomic mass is 32.2. The number of urea groups is 1. The van der Waals surface area contributed by atoms with Crippen LogP contribution in [0.3, 0.4) is 0 Å². The van der Waals surface area contributed by atoms with Gasteiger partial charge in [0, 0.05) is 37.1 Å². The number of hydrogen-bond donors (Lipinski definition) is 1. The third-order valence-electron chi connectivity index (χ3n) is 7.06. The number of alkyl halides is 3. The summed E-state index contributed by atoms with van der Waals surface area (Å²) < 4.78 is 39.9. The molecule has 3 amide bonds. The van der Waals surface area contributed by atoms with E-state index in [-0.39, 0.29) is 51.4 Å². The predicted molar refractivity (Wildman–Crippen MR) is 171 cm³/mol. The Morgan fingerprint density at radius 1 is 1.07 bits per heavy atom. The average Bonchev–Trinajstić information content (AvgIpc) is 3.63. The molecule has 0 saturated carbocycles. The van der Waals surface area contributed by atoms with E-state index in [0.717, 1.165) is 29.1 Å². The van der Waals surface area contributed by atoms with Crippen LogP contribution in [0.4, 0.5) is 35.0 Å². The molecule has 15 heteroatoms. The highest BCUT2D eigenvalue weighted by Gasteiger charge is 2.33. The lowest BCUT2D eigenvalue weighted by molar-refractivity contribution is -0.137. The molecule has 1 aliphatic rings. The second-order valence-electron chi connectivity index (χ2n) is 10.9. The molecule has 0 radical (unpaired) electrons. The molecule has 11 nitrogen and oxygen atoms in total. The molecular weight excluding hydrogens is 621 g/mol. The number of aromatic nitrogens is 4. The summed E-state index contributed by atoms with van der Waals surface area (Å²) in [5.41, 5.74) is 2.33. The fourth-order valence-corrected chi connectivity index (χ4v) is 5.54. The van der Waals surface area contributed by atoms with Crippen molar-refractivity contribution >= 4 is 51.7 Å². The number of Topliss-reactive ketones (excluding diaryl/α,β-unsaturated/α-hetero) is 1. The van der Waals surface area contributed by atoms with Gasteiger partial charge in [-0.15, -0.1) is 5.10 Å². The van der Waals surface area contributed by atoms with Crippen molar-refractivity contribution in [1.29, 1.82) is 0 Å². The first-order chi connectivity index (χ1) is 21.7. The van der Waals surface area contributed by atoms with E-state index < -0.39 is 17.8 Å². The third kappa shape index (κ3) is 6.78. The lowest BCUT2D eigenvalue weighted by Gasteiger charge is -2.24. The number of rotatable bonds is 7. The Bertz CT molecular complexity index is 1850. The van der Waals surface area contributed by atoms with E-state index in [9.17, 15) is 27.6 Å². The van der Waals surface area contributed by atoms with Gasteiger partial charge in [-0.2, -0.15) is 18.2 Å². The van der Waals surface area contributed by atoms with E-state index in [0.29, 0.717) is 17.4 Å². The highest BCUT2D eigenvalue weighted by Crippen LogP contribution is 2.36. The number of nitrogens with one attached hydrogen (secondary N) is 1. The fourth-order valence-electron chi connectivity index (χ4n) is 4.68. The number of ketones is 1. The first-order valence-corrected chi connectivity index (χ1v) is 15.0. The van der Waals surface area contributed by atoms with Gasteiger partial charge in [-0.1, -0.05) is 31.7 Å². The SMILES string of the molecule is CC(=O)c1cc(-c2ncn(-c3ccc(C(F)(F)F)cn3)n2)ccc1NC(=O)/N=C1\SCC(=O)N1c1cc(N(C)C)ccc1C(C)C. The van der Waals surface area contributed by atoms with Crippen LogP contribution in [-0.4, -0.2) is 62.5 Å². The Hall–Kier alpha value is -5.05. The minimum Gasteiger partial charge on any atom is -0.378 e. The average molecular weight is 651 g/mol. The lowest BCUT2D eigenvalue weighted by atomic mass is 9.99. The zero-order valence-electron chi connectivity index (χ0n) is 25.5. The standard InChI is InChI=1S/C31H29F3N8O3S/c1-17(2)22-9-8-21(40(4)5)13-25(22)42-27(44)15-46-30(42)38-29(45)37-24-10-6-19(12-23(24)18(3)43)28-36-16-41(39-28)26-11-7-20(14-35-26)31(32,33)34/h6-14,16-17H,15H2,1-5H3,(H,37,45)/b38-30-. The van der Waals surface area contributed by atoms with Crippen molar-refractivity contribution < 1.29 is 27.6 Å². The minimum atomic E-state index is -4.52. The van der Waals surface area contributed by atoms with Crippen LogP contribution in [0, 0.1) is 0 Å². The van der Waals surface area contributed by atoms with Crippen molar-refractivity contribution in [3.63, 3.8) is 0 Å². The molecule has 5 rings (SSSR count). The van der Waals surface area contributed by atoms with Crippen LogP contribution in [0.2, 0.25) is 0 Å². The largest absolute Gasteiger partial charge is 0.417 e. The van der Waals surface area contributed by atoms with Gasteiger partial charge in [-0.05, 0) is 60.9 Å². The zero-order valence-corrected chi connectivity index (χ0v) is 26.3. The summed E-state index contributed by atoms with van der Waals surface area (Å²) in [6.07, 6.45) is -2.53. The van der Waals surface area contributed by atoms with Crippen molar-refractivity contribution in [2.75, 3.05) is 35.0 Å². The molecule has 4 aromatic rings. The van der Waals surface area contributed by atoms with Gasteiger partial charge in [0.15, 0.2) is 22.6 Å². The Kier molecular flexibility index (Phi) is 8.96. The fraction of sp³-hybridized carbons (Fsp3) is 0.258. The van der Waals surface area contributed by atoms with Gasteiger partial charge in [0.2, 0.25) is 5.91 Å². The smallest absolute Gasteiger partial charge is 0.378 e. The number of amides is 3. The molecule has 0 spiro atoms. The van der Waals surface area contributed by atoms with Crippen LogP contribution in [0.15, 0.2) is 66.0 Å². The van der Waals surface area contributed by atoms with Gasteiger partial charge in [0.05, 0.1) is 22.7 Å². The summed E-state index contributed by atoms with van der Waals surface area (Å²) in [6.45, 7) is 5.37. The van der Waals surface area contributed by atoms with Gasteiger partial charge >= 0.3 is 12.2 Å².